The third kappa shape index (κ3) is 12.0. The monoisotopic (exact) mass is 742 g/mol. The molecule has 1 atom stereocenters. The quantitative estimate of drug-likeness (QED) is 0.0409. The number of halogens is 5. The highest BCUT2D eigenvalue weighted by Crippen LogP contribution is 2.36. The second kappa shape index (κ2) is 19.2. The Morgan fingerprint density at radius 3 is 1.85 bits per heavy atom. The van der Waals surface area contributed by atoms with Gasteiger partial charge in [0.1, 0.15) is 11.5 Å². The molecule has 0 bridgehead atoms. The van der Waals surface area contributed by atoms with E-state index < -0.39 is 30.6 Å². The smallest absolute Gasteiger partial charge is 0.465 e. The van der Waals surface area contributed by atoms with Gasteiger partial charge in [0, 0.05) is 0 Å². The first-order valence-electron chi connectivity index (χ1n) is 17.7. The number of carbonyl (C=O) groups is 3. The predicted molar refractivity (Wildman–Crippen MR) is 190 cm³/mol. The van der Waals surface area contributed by atoms with E-state index in [4.69, 9.17) is 14.2 Å². The van der Waals surface area contributed by atoms with E-state index >= 15 is 0 Å². The molecule has 4 rings (SSSR count). The van der Waals surface area contributed by atoms with Gasteiger partial charge in [0.25, 0.3) is 0 Å². The Morgan fingerprint density at radius 2 is 1.19 bits per heavy atom. The first-order valence-corrected chi connectivity index (χ1v) is 17.7. The highest BCUT2D eigenvalue weighted by atomic mass is 19.4. The summed E-state index contributed by atoms with van der Waals surface area (Å²) < 4.78 is 83.2. The second-order valence-corrected chi connectivity index (χ2v) is 12.8. The molecule has 0 fully saturated rings. The van der Waals surface area contributed by atoms with Gasteiger partial charge in [0.05, 0.1) is 30.4 Å². The zero-order valence-electron chi connectivity index (χ0n) is 29.7. The highest BCUT2D eigenvalue weighted by Gasteiger charge is 2.64. The molecule has 0 heterocycles. The van der Waals surface area contributed by atoms with Gasteiger partial charge in [-0.05, 0) is 116 Å². The number of benzene rings is 4. The first-order chi connectivity index (χ1) is 25.3. The molecular weight excluding hydrogens is 699 g/mol. The fraction of sp³-hybridized carbons (Fsp3) is 0.390. The average molecular weight is 743 g/mol. The van der Waals surface area contributed by atoms with Crippen LogP contribution in [0.15, 0.2) is 84.9 Å². The topological polar surface area (TPSA) is 88.1 Å². The standard InChI is InChI=1S/C41H43F5O7/c1-3-4-5-8-11-28(2)52-38(48)34-17-16-33-27-36(23-20-32(33)26-34)53-37(47)31-14-12-29(13-15-31)30-18-21-35(22-19-30)50-24-9-6-7-10-25-51-39(49)40(42,43)41(44,45)46/h12-23,26-28H,3-11,24-25H2,1-2H3/t28-/m0/s1. The van der Waals surface area contributed by atoms with Crippen LogP contribution in [-0.2, 0) is 14.3 Å². The van der Waals surface area contributed by atoms with Crippen LogP contribution < -0.4 is 9.47 Å². The summed E-state index contributed by atoms with van der Waals surface area (Å²) in [4.78, 5) is 36.6. The molecular formula is C41H43F5O7. The van der Waals surface area contributed by atoms with Crippen molar-refractivity contribution in [2.45, 2.75) is 89.8 Å². The zero-order valence-corrected chi connectivity index (χ0v) is 29.7. The van der Waals surface area contributed by atoms with E-state index in [0.717, 1.165) is 47.6 Å². The SMILES string of the molecule is CCCCCC[C@H](C)OC(=O)c1ccc2cc(OC(=O)c3ccc(-c4ccc(OCCCCCCOC(=O)C(F)(F)C(F)(F)F)cc4)cc3)ccc2c1. The largest absolute Gasteiger partial charge is 0.494 e. The molecule has 284 valence electrons. The van der Waals surface area contributed by atoms with E-state index in [1.807, 2.05) is 19.1 Å². The lowest BCUT2D eigenvalue weighted by Gasteiger charge is -2.17. The number of unbranched alkanes of at least 4 members (excludes halogenated alkanes) is 6. The minimum atomic E-state index is -5.99. The fourth-order valence-corrected chi connectivity index (χ4v) is 5.41. The third-order valence-corrected chi connectivity index (χ3v) is 8.49. The number of hydrogen-bond donors (Lipinski definition) is 0. The van der Waals surface area contributed by atoms with E-state index in [1.165, 1.54) is 6.42 Å². The Morgan fingerprint density at radius 1 is 0.623 bits per heavy atom. The lowest BCUT2D eigenvalue weighted by atomic mass is 10.0. The number of rotatable bonds is 19. The van der Waals surface area contributed by atoms with Crippen LogP contribution in [0.2, 0.25) is 0 Å². The molecule has 12 heteroatoms. The van der Waals surface area contributed by atoms with Gasteiger partial charge >= 0.3 is 30.0 Å². The Kier molecular flexibility index (Phi) is 14.8. The van der Waals surface area contributed by atoms with Gasteiger partial charge in [-0.2, -0.15) is 22.0 Å². The molecule has 0 saturated carbocycles. The van der Waals surface area contributed by atoms with E-state index in [9.17, 15) is 36.3 Å². The van der Waals surface area contributed by atoms with Gasteiger partial charge in [-0.3, -0.25) is 0 Å². The maximum Gasteiger partial charge on any atom is 0.465 e. The highest BCUT2D eigenvalue weighted by molar-refractivity contribution is 5.96. The van der Waals surface area contributed by atoms with Crippen molar-refractivity contribution < 1.29 is 55.3 Å². The van der Waals surface area contributed by atoms with Crippen molar-refractivity contribution in [1.29, 1.82) is 0 Å². The van der Waals surface area contributed by atoms with Crippen molar-refractivity contribution in [3.05, 3.63) is 96.1 Å². The van der Waals surface area contributed by atoms with Crippen LogP contribution in [0.5, 0.6) is 11.5 Å². The predicted octanol–water partition coefficient (Wildman–Crippen LogP) is 10.9. The molecule has 0 aliphatic heterocycles. The normalized spacial score (nSPS) is 12.3. The Balaban J connectivity index is 1.19. The Labute approximate surface area is 305 Å². The number of hydrogen-bond acceptors (Lipinski definition) is 7. The summed E-state index contributed by atoms with van der Waals surface area (Å²) >= 11 is 0. The van der Waals surface area contributed by atoms with Gasteiger partial charge in [0.2, 0.25) is 0 Å². The first kappa shape index (κ1) is 40.8. The van der Waals surface area contributed by atoms with E-state index in [-0.39, 0.29) is 18.5 Å². The molecule has 4 aromatic carbocycles. The molecule has 53 heavy (non-hydrogen) atoms. The van der Waals surface area contributed by atoms with Crippen LogP contribution >= 0.6 is 0 Å². The van der Waals surface area contributed by atoms with Crippen molar-refractivity contribution in [2.75, 3.05) is 13.2 Å². The van der Waals surface area contributed by atoms with Gasteiger partial charge < -0.3 is 18.9 Å². The molecule has 0 aliphatic carbocycles. The summed E-state index contributed by atoms with van der Waals surface area (Å²) in [6, 6.07) is 24.8. The summed E-state index contributed by atoms with van der Waals surface area (Å²) in [7, 11) is 0. The number of carbonyl (C=O) groups excluding carboxylic acids is 3. The van der Waals surface area contributed by atoms with Crippen molar-refractivity contribution in [3.8, 4) is 22.6 Å². The molecule has 0 N–H and O–H groups in total. The van der Waals surface area contributed by atoms with Crippen molar-refractivity contribution in [3.63, 3.8) is 0 Å². The van der Waals surface area contributed by atoms with Crippen molar-refractivity contribution in [1.82, 2.24) is 0 Å². The van der Waals surface area contributed by atoms with Crippen LogP contribution in [0.25, 0.3) is 21.9 Å². The molecule has 4 aromatic rings. The molecule has 0 radical (unpaired) electrons. The molecule has 0 spiro atoms. The minimum Gasteiger partial charge on any atom is -0.494 e. The number of ether oxygens (including phenoxy) is 4. The van der Waals surface area contributed by atoms with E-state index in [2.05, 4.69) is 11.7 Å². The fourth-order valence-electron chi connectivity index (χ4n) is 5.41. The molecule has 7 nitrogen and oxygen atoms in total. The molecule has 0 saturated heterocycles. The molecule has 0 aliphatic rings. The van der Waals surface area contributed by atoms with E-state index in [0.29, 0.717) is 48.5 Å². The Bertz CT molecular complexity index is 1800. The summed E-state index contributed by atoms with van der Waals surface area (Å²) in [5, 5.41) is 1.63. The zero-order chi connectivity index (χ0) is 38.4. The van der Waals surface area contributed by atoms with Crippen LogP contribution in [0.4, 0.5) is 22.0 Å². The summed E-state index contributed by atoms with van der Waals surface area (Å²) in [5.41, 5.74) is 2.59. The Hall–Kier alpha value is -5.00. The number of fused-ring (bicyclic) bond motifs is 1. The lowest BCUT2D eigenvalue weighted by Crippen LogP contribution is -2.45. The van der Waals surface area contributed by atoms with Crippen LogP contribution in [0.1, 0.15) is 92.4 Å². The summed E-state index contributed by atoms with van der Waals surface area (Å²) in [5.74, 6) is -8.00. The van der Waals surface area contributed by atoms with Crippen LogP contribution in [0, 0.1) is 0 Å². The minimum absolute atomic E-state index is 0.147. The van der Waals surface area contributed by atoms with Crippen LogP contribution in [0.3, 0.4) is 0 Å². The number of esters is 3. The van der Waals surface area contributed by atoms with Crippen molar-refractivity contribution in [2.24, 2.45) is 0 Å². The van der Waals surface area contributed by atoms with Gasteiger partial charge in [-0.1, -0.05) is 62.6 Å². The van der Waals surface area contributed by atoms with E-state index in [1.54, 1.807) is 72.8 Å². The maximum absolute atomic E-state index is 12.9. The van der Waals surface area contributed by atoms with Gasteiger partial charge in [-0.25, -0.2) is 14.4 Å². The number of alkyl halides is 5. The maximum atomic E-state index is 12.9. The molecule has 0 unspecified atom stereocenters. The molecule has 0 amide bonds. The lowest BCUT2D eigenvalue weighted by molar-refractivity contribution is -0.280. The molecule has 0 aromatic heterocycles. The summed E-state index contributed by atoms with van der Waals surface area (Å²) in [6.07, 6.45) is 0.974. The van der Waals surface area contributed by atoms with Gasteiger partial charge in [0.15, 0.2) is 0 Å². The average Bonchev–Trinajstić information content (AvgIpc) is 3.14. The second-order valence-electron chi connectivity index (χ2n) is 12.8. The summed E-state index contributed by atoms with van der Waals surface area (Å²) in [6.45, 7) is 3.90. The van der Waals surface area contributed by atoms with Crippen molar-refractivity contribution >= 4 is 28.7 Å². The van der Waals surface area contributed by atoms with Gasteiger partial charge in [-0.15, -0.1) is 0 Å². The third-order valence-electron chi connectivity index (χ3n) is 8.49. The van der Waals surface area contributed by atoms with Crippen LogP contribution in [-0.4, -0.2) is 49.3 Å².